The number of nitrogens with zero attached hydrogens (tertiary/aromatic N) is 4. The normalized spacial score (nSPS) is 20.7. The molecule has 0 radical (unpaired) electrons. The van der Waals surface area contributed by atoms with Gasteiger partial charge in [0.15, 0.2) is 0 Å². The maximum atomic E-state index is 13.9. The number of aromatic amines is 1. The third-order valence-corrected chi connectivity index (χ3v) is 12.4. The van der Waals surface area contributed by atoms with Crippen LogP contribution in [0.3, 0.4) is 0 Å². The van der Waals surface area contributed by atoms with Gasteiger partial charge in [0.05, 0.1) is 56.8 Å². The van der Waals surface area contributed by atoms with Crippen LogP contribution in [0.25, 0.3) is 33.2 Å². The Kier molecular flexibility index (Phi) is 12.3. The summed E-state index contributed by atoms with van der Waals surface area (Å²) in [7, 11) is 2.58. The molecule has 2 saturated heterocycles. The van der Waals surface area contributed by atoms with Gasteiger partial charge in [-0.05, 0) is 89.2 Å². The van der Waals surface area contributed by atoms with Crippen LogP contribution >= 0.6 is 0 Å². The SMILES string of the molecule is COC(=O)N[C@@H](C)C(=O)N1[C@@H](c2ccccc2)CC[C@H]1c1ncc(-c2ccc(-c3ccc4cc(C5CN=C([C@@H]6CCCN6C(=O)[C@@H](NC(=O)OC)C(C)C)N5)ccc4c3)cc2)[nH]1. The Labute approximate surface area is 361 Å². The first-order valence-corrected chi connectivity index (χ1v) is 21.4. The highest BCUT2D eigenvalue weighted by Crippen LogP contribution is 2.44. The number of methoxy groups -OCH3 is 2. The third-order valence-electron chi connectivity index (χ3n) is 12.4. The fourth-order valence-electron chi connectivity index (χ4n) is 9.11. The zero-order valence-electron chi connectivity index (χ0n) is 35.8. The minimum absolute atomic E-state index is 0.00841. The van der Waals surface area contributed by atoms with Gasteiger partial charge in [-0.2, -0.15) is 0 Å². The van der Waals surface area contributed by atoms with Crippen LogP contribution in [0.5, 0.6) is 0 Å². The van der Waals surface area contributed by atoms with E-state index in [0.29, 0.717) is 18.9 Å². The molecule has 6 atom stereocenters. The lowest BCUT2D eigenvalue weighted by Crippen LogP contribution is -2.54. The maximum Gasteiger partial charge on any atom is 0.407 e. The van der Waals surface area contributed by atoms with E-state index in [4.69, 9.17) is 19.5 Å². The third kappa shape index (κ3) is 8.59. The van der Waals surface area contributed by atoms with E-state index < -0.39 is 24.3 Å². The summed E-state index contributed by atoms with van der Waals surface area (Å²) < 4.78 is 9.55. The van der Waals surface area contributed by atoms with E-state index in [1.165, 1.54) is 14.2 Å². The highest BCUT2D eigenvalue weighted by molar-refractivity contribution is 5.96. The highest BCUT2D eigenvalue weighted by Gasteiger charge is 2.42. The second-order valence-electron chi connectivity index (χ2n) is 16.7. The second kappa shape index (κ2) is 18.1. The minimum Gasteiger partial charge on any atom is -0.453 e. The average molecular weight is 839 g/mol. The summed E-state index contributed by atoms with van der Waals surface area (Å²) in [6.07, 6.45) is 3.71. The van der Waals surface area contributed by atoms with Crippen molar-refractivity contribution < 1.29 is 28.7 Å². The number of alkyl carbamates (subject to hydrolysis) is 2. The Morgan fingerprint density at radius 1 is 0.726 bits per heavy atom. The van der Waals surface area contributed by atoms with Crippen molar-refractivity contribution in [2.24, 2.45) is 10.9 Å². The molecule has 0 saturated carbocycles. The number of H-pyrrole nitrogens is 1. The number of hydrogen-bond donors (Lipinski definition) is 4. The quantitative estimate of drug-likeness (QED) is 0.106. The van der Waals surface area contributed by atoms with Crippen LogP contribution in [0.2, 0.25) is 0 Å². The van der Waals surface area contributed by atoms with Gasteiger partial charge in [-0.3, -0.25) is 14.6 Å². The fourth-order valence-corrected chi connectivity index (χ4v) is 9.11. The number of amidine groups is 1. The number of carbonyl (C=O) groups is 4. The molecule has 1 aromatic heterocycles. The van der Waals surface area contributed by atoms with Crippen molar-refractivity contribution in [2.45, 2.75) is 82.7 Å². The Morgan fingerprint density at radius 2 is 1.40 bits per heavy atom. The molecule has 3 aliphatic rings. The molecule has 4 amide bonds. The van der Waals surface area contributed by atoms with Crippen molar-refractivity contribution in [3.8, 4) is 22.4 Å². The van der Waals surface area contributed by atoms with Gasteiger partial charge in [0.2, 0.25) is 11.8 Å². The number of amides is 4. The monoisotopic (exact) mass is 838 g/mol. The molecule has 14 nitrogen and oxygen atoms in total. The molecule has 0 spiro atoms. The Morgan fingerprint density at radius 3 is 2.15 bits per heavy atom. The molecule has 4 heterocycles. The molecule has 0 bridgehead atoms. The average Bonchev–Trinajstić information content (AvgIpc) is 4.14. The van der Waals surface area contributed by atoms with Gasteiger partial charge in [0.1, 0.15) is 23.7 Å². The molecule has 4 N–H and O–H groups in total. The van der Waals surface area contributed by atoms with Crippen LogP contribution in [0.1, 0.15) is 81.5 Å². The summed E-state index contributed by atoms with van der Waals surface area (Å²) in [5.41, 5.74) is 6.17. The van der Waals surface area contributed by atoms with Gasteiger partial charge in [-0.1, -0.05) is 92.7 Å². The van der Waals surface area contributed by atoms with E-state index in [1.807, 2.05) is 60.2 Å². The predicted octanol–water partition coefficient (Wildman–Crippen LogP) is 7.46. The molecule has 5 aromatic rings. The number of ether oxygens (including phenoxy) is 2. The summed E-state index contributed by atoms with van der Waals surface area (Å²) in [6, 6.07) is 29.2. The first-order valence-electron chi connectivity index (χ1n) is 21.4. The fraction of sp³-hybridized carbons (Fsp3) is 0.375. The predicted molar refractivity (Wildman–Crippen MR) is 237 cm³/mol. The van der Waals surface area contributed by atoms with Crippen molar-refractivity contribution in [1.82, 2.24) is 35.7 Å². The Bertz CT molecular complexity index is 2470. The standard InChI is InChI=1S/C48H54N8O6/c1-28(2)42(54-48(60)62-5)46(58)55-23-9-12-40(55)43-49-27-38(53-43)36-20-19-34-24-33(17-18-35(34)25-36)30-13-15-31(16-14-30)37-26-50-44(52-37)41-22-21-39(32-10-7-6-8-11-32)56(41)45(57)29(3)51-47(59)61-4/h6-8,10-11,13-20,24-26,28-29,38-42H,9,12,21-23,27H2,1-5H3,(H,49,53)(H,50,52)(H,51,59)(H,54,60)/t29-,38?,39+,40-,41-,42-/m0/s1. The summed E-state index contributed by atoms with van der Waals surface area (Å²) in [5, 5.41) is 11.2. The lowest BCUT2D eigenvalue weighted by molar-refractivity contribution is -0.136. The molecule has 14 heteroatoms. The molecule has 2 fully saturated rings. The number of nitrogens with one attached hydrogen (secondary N) is 4. The Balaban J connectivity index is 0.933. The van der Waals surface area contributed by atoms with Crippen LogP contribution in [0.15, 0.2) is 102 Å². The van der Waals surface area contributed by atoms with Crippen LogP contribution in [-0.4, -0.2) is 95.0 Å². The molecule has 0 aliphatic carbocycles. The number of benzene rings is 4. The molecule has 8 rings (SSSR count). The lowest BCUT2D eigenvalue weighted by Gasteiger charge is -2.32. The molecule has 62 heavy (non-hydrogen) atoms. The molecular formula is C48H54N8O6. The molecular weight excluding hydrogens is 785 g/mol. The lowest BCUT2D eigenvalue weighted by atomic mass is 9.97. The number of aromatic nitrogens is 2. The van der Waals surface area contributed by atoms with E-state index in [0.717, 1.165) is 75.8 Å². The van der Waals surface area contributed by atoms with Gasteiger partial charge < -0.3 is 40.2 Å². The molecule has 322 valence electrons. The number of likely N-dealkylation sites (tertiary alicyclic amines) is 2. The summed E-state index contributed by atoms with van der Waals surface area (Å²) >= 11 is 0. The number of imidazole rings is 1. The van der Waals surface area contributed by atoms with Gasteiger partial charge >= 0.3 is 12.2 Å². The molecule has 4 aromatic carbocycles. The van der Waals surface area contributed by atoms with Crippen molar-refractivity contribution in [1.29, 1.82) is 0 Å². The summed E-state index contributed by atoms with van der Waals surface area (Å²) in [5.74, 6) is 1.10. The van der Waals surface area contributed by atoms with Crippen LogP contribution in [0, 0.1) is 5.92 Å². The van der Waals surface area contributed by atoms with E-state index >= 15 is 0 Å². The first-order chi connectivity index (χ1) is 30.0. The number of hydrogen-bond acceptors (Lipinski definition) is 9. The first kappa shape index (κ1) is 42.0. The number of aliphatic imine (C=N–C) groups is 1. The van der Waals surface area contributed by atoms with E-state index in [-0.39, 0.29) is 41.9 Å². The van der Waals surface area contributed by atoms with Gasteiger partial charge in [-0.15, -0.1) is 0 Å². The summed E-state index contributed by atoms with van der Waals surface area (Å²) in [6.45, 7) is 6.69. The van der Waals surface area contributed by atoms with Crippen molar-refractivity contribution >= 4 is 40.6 Å². The van der Waals surface area contributed by atoms with Gasteiger partial charge in [0.25, 0.3) is 0 Å². The molecule has 3 aliphatic heterocycles. The number of fused-ring (bicyclic) bond motifs is 1. The zero-order valence-corrected chi connectivity index (χ0v) is 35.8. The van der Waals surface area contributed by atoms with Crippen molar-refractivity contribution in [2.75, 3.05) is 27.3 Å². The summed E-state index contributed by atoms with van der Waals surface area (Å²) in [4.78, 5) is 68.4. The largest absolute Gasteiger partial charge is 0.453 e. The maximum absolute atomic E-state index is 13.9. The van der Waals surface area contributed by atoms with E-state index in [1.54, 1.807) is 6.92 Å². The van der Waals surface area contributed by atoms with Crippen LogP contribution in [-0.2, 0) is 19.1 Å². The van der Waals surface area contributed by atoms with Gasteiger partial charge in [-0.25, -0.2) is 14.6 Å². The van der Waals surface area contributed by atoms with Crippen LogP contribution < -0.4 is 16.0 Å². The highest BCUT2D eigenvalue weighted by atomic mass is 16.5. The van der Waals surface area contributed by atoms with Crippen LogP contribution in [0.4, 0.5) is 9.59 Å². The smallest absolute Gasteiger partial charge is 0.407 e. The second-order valence-corrected chi connectivity index (χ2v) is 16.7. The van der Waals surface area contributed by atoms with E-state index in [9.17, 15) is 19.2 Å². The number of rotatable bonds is 11. The van der Waals surface area contributed by atoms with Crippen molar-refractivity contribution in [3.05, 3.63) is 114 Å². The van der Waals surface area contributed by atoms with Gasteiger partial charge in [0, 0.05) is 6.54 Å². The topological polar surface area (TPSA) is 170 Å². The molecule has 1 unspecified atom stereocenters. The zero-order chi connectivity index (χ0) is 43.5. The minimum atomic E-state index is -0.780. The number of carbonyl (C=O) groups excluding carboxylic acids is 4. The Hall–Kier alpha value is -6.70. The van der Waals surface area contributed by atoms with Crippen molar-refractivity contribution in [3.63, 3.8) is 0 Å². The van der Waals surface area contributed by atoms with E-state index in [2.05, 4.69) is 81.6 Å².